The number of fused-ring (bicyclic) bond motifs is 9. The van der Waals surface area contributed by atoms with Crippen LogP contribution in [0, 0.1) is 0 Å². The largest absolute Gasteiger partial charge is 0.454 e. The Hall–Kier alpha value is -7.46. The molecule has 0 amide bonds. The summed E-state index contributed by atoms with van der Waals surface area (Å²) < 4.78 is 9.46. The topological polar surface area (TPSA) is 16.4 Å². The Bertz CT molecular complexity index is 3540. The predicted molar refractivity (Wildman–Crippen MR) is 253 cm³/mol. The van der Waals surface area contributed by atoms with Gasteiger partial charge in [-0.3, -0.25) is 0 Å². The summed E-state index contributed by atoms with van der Waals surface area (Å²) in [5.74, 6) is 0. The van der Waals surface area contributed by atoms with Crippen LogP contribution < -0.4 is 4.90 Å². The number of hydrogen-bond donors (Lipinski definition) is 0. The lowest BCUT2D eigenvalue weighted by Crippen LogP contribution is -2.10. The maximum atomic E-state index is 6.83. The van der Waals surface area contributed by atoms with E-state index in [0.29, 0.717) is 0 Å². The molecule has 0 aliphatic heterocycles. The van der Waals surface area contributed by atoms with Crippen LogP contribution in [0.2, 0.25) is 0 Å². The van der Waals surface area contributed by atoms with Crippen molar-refractivity contribution in [3.05, 3.63) is 212 Å². The minimum Gasteiger partial charge on any atom is -0.454 e. The second kappa shape index (κ2) is 13.6. The number of rotatable bonds is 6. The second-order valence-electron chi connectivity index (χ2n) is 15.2. The highest BCUT2D eigenvalue weighted by Gasteiger charge is 2.22. The molecule has 2 heterocycles. The summed E-state index contributed by atoms with van der Waals surface area (Å²) in [4.78, 5) is 2.36. The van der Waals surface area contributed by atoms with Crippen LogP contribution in [0.15, 0.2) is 217 Å². The van der Waals surface area contributed by atoms with Crippen molar-refractivity contribution >= 4 is 92.1 Å². The van der Waals surface area contributed by atoms with E-state index >= 15 is 0 Å². The molecule has 0 unspecified atom stereocenters. The highest BCUT2D eigenvalue weighted by molar-refractivity contribution is 7.25. The molecule has 0 N–H and O–H groups in total. The van der Waals surface area contributed by atoms with Crippen LogP contribution >= 0.6 is 11.3 Å². The van der Waals surface area contributed by atoms with Crippen molar-refractivity contribution in [2.75, 3.05) is 4.90 Å². The molecule has 10 aromatic carbocycles. The molecule has 2 aromatic heterocycles. The summed E-state index contributed by atoms with van der Waals surface area (Å²) >= 11 is 1.86. The number of hydrogen-bond acceptors (Lipinski definition) is 3. The van der Waals surface area contributed by atoms with Gasteiger partial charge in [-0.25, -0.2) is 0 Å². The molecule has 12 rings (SSSR count). The lowest BCUT2D eigenvalue weighted by molar-refractivity contribution is 0.669. The van der Waals surface area contributed by atoms with Crippen LogP contribution in [0.4, 0.5) is 17.1 Å². The van der Waals surface area contributed by atoms with E-state index in [1.165, 1.54) is 75.1 Å². The van der Waals surface area contributed by atoms with Crippen molar-refractivity contribution in [1.29, 1.82) is 0 Å². The van der Waals surface area contributed by atoms with Crippen LogP contribution in [0.25, 0.3) is 97.0 Å². The summed E-state index contributed by atoms with van der Waals surface area (Å²) in [5, 5.41) is 9.72. The number of furan rings is 1. The lowest BCUT2D eigenvalue weighted by atomic mass is 9.91. The van der Waals surface area contributed by atoms with E-state index in [1.54, 1.807) is 0 Å². The van der Waals surface area contributed by atoms with Gasteiger partial charge in [-0.1, -0.05) is 164 Å². The fraction of sp³-hybridized carbons (Fsp3) is 0. The summed E-state index contributed by atoms with van der Waals surface area (Å²) in [7, 11) is 0. The monoisotopic (exact) mass is 769 g/mol. The third-order valence-electron chi connectivity index (χ3n) is 11.9. The van der Waals surface area contributed by atoms with Gasteiger partial charge < -0.3 is 9.32 Å². The smallest absolute Gasteiger partial charge is 0.160 e. The number of anilines is 3. The maximum absolute atomic E-state index is 6.83. The molecule has 0 atom stereocenters. The van der Waals surface area contributed by atoms with Gasteiger partial charge >= 0.3 is 0 Å². The molecule has 3 heteroatoms. The first kappa shape index (κ1) is 33.7. The van der Waals surface area contributed by atoms with Gasteiger partial charge in [-0.05, 0) is 103 Å². The predicted octanol–water partition coefficient (Wildman–Crippen LogP) is 16.7. The van der Waals surface area contributed by atoms with Gasteiger partial charge in [0.2, 0.25) is 0 Å². The van der Waals surface area contributed by atoms with Crippen molar-refractivity contribution in [1.82, 2.24) is 0 Å². The SMILES string of the molecule is c1ccc(-c2cccc3cccc(-c4ccc(N(c5ccc(-c6ccc7c(c6)sc6ccccc67)cc5)c5cc6ccccc6c6c5oc5ccccc56)cc4)c23)cc1. The van der Waals surface area contributed by atoms with Gasteiger partial charge in [0.05, 0.1) is 5.69 Å². The van der Waals surface area contributed by atoms with Gasteiger partial charge in [0.15, 0.2) is 5.58 Å². The molecule has 0 bridgehead atoms. The summed E-state index contributed by atoms with van der Waals surface area (Å²) in [6, 6.07) is 76.9. The summed E-state index contributed by atoms with van der Waals surface area (Å²) in [6.45, 7) is 0. The van der Waals surface area contributed by atoms with Crippen LogP contribution in [0.5, 0.6) is 0 Å². The summed E-state index contributed by atoms with van der Waals surface area (Å²) in [5.41, 5.74) is 12.1. The molecule has 0 spiro atoms. The van der Waals surface area contributed by atoms with Crippen molar-refractivity contribution in [3.8, 4) is 33.4 Å². The van der Waals surface area contributed by atoms with Crippen molar-refractivity contribution in [2.45, 2.75) is 0 Å². The van der Waals surface area contributed by atoms with E-state index in [4.69, 9.17) is 4.42 Å². The van der Waals surface area contributed by atoms with E-state index < -0.39 is 0 Å². The Morgan fingerprint density at radius 1 is 0.356 bits per heavy atom. The van der Waals surface area contributed by atoms with E-state index in [2.05, 4.69) is 217 Å². The van der Waals surface area contributed by atoms with Gasteiger partial charge in [0, 0.05) is 42.3 Å². The van der Waals surface area contributed by atoms with Gasteiger partial charge in [-0.2, -0.15) is 0 Å². The molecule has 276 valence electrons. The Morgan fingerprint density at radius 2 is 0.932 bits per heavy atom. The number of nitrogens with zero attached hydrogens (tertiary/aromatic N) is 1. The third-order valence-corrected chi connectivity index (χ3v) is 13.0. The Kier molecular flexibility index (Phi) is 7.75. The highest BCUT2D eigenvalue weighted by atomic mass is 32.1. The first-order valence-corrected chi connectivity index (χ1v) is 20.9. The molecule has 2 nitrogen and oxygen atoms in total. The van der Waals surface area contributed by atoms with Gasteiger partial charge in [0.25, 0.3) is 0 Å². The quantitative estimate of drug-likeness (QED) is 0.167. The molecule has 59 heavy (non-hydrogen) atoms. The van der Waals surface area contributed by atoms with Crippen LogP contribution in [0.3, 0.4) is 0 Å². The molecule has 12 aromatic rings. The van der Waals surface area contributed by atoms with Crippen molar-refractivity contribution < 1.29 is 4.42 Å². The molecule has 0 aliphatic rings. The van der Waals surface area contributed by atoms with Crippen LogP contribution in [0.1, 0.15) is 0 Å². The number of para-hydroxylation sites is 1. The van der Waals surface area contributed by atoms with Gasteiger partial charge in [-0.15, -0.1) is 11.3 Å². The molecule has 0 radical (unpaired) electrons. The zero-order valence-corrected chi connectivity index (χ0v) is 32.8. The van der Waals surface area contributed by atoms with Gasteiger partial charge in [0.1, 0.15) is 5.58 Å². The highest BCUT2D eigenvalue weighted by Crippen LogP contribution is 2.47. The Morgan fingerprint density at radius 3 is 1.69 bits per heavy atom. The maximum Gasteiger partial charge on any atom is 0.160 e. The first-order chi connectivity index (χ1) is 29.2. The summed E-state index contributed by atoms with van der Waals surface area (Å²) in [6.07, 6.45) is 0. The minimum atomic E-state index is 0.870. The molecule has 0 aliphatic carbocycles. The lowest BCUT2D eigenvalue weighted by Gasteiger charge is -2.26. The minimum absolute atomic E-state index is 0.870. The van der Waals surface area contributed by atoms with Crippen molar-refractivity contribution in [2.24, 2.45) is 0 Å². The van der Waals surface area contributed by atoms with E-state index in [-0.39, 0.29) is 0 Å². The first-order valence-electron chi connectivity index (χ1n) is 20.1. The zero-order valence-electron chi connectivity index (χ0n) is 32.0. The second-order valence-corrected chi connectivity index (χ2v) is 16.3. The van der Waals surface area contributed by atoms with E-state index in [9.17, 15) is 0 Å². The number of thiophene rings is 1. The fourth-order valence-electron chi connectivity index (χ4n) is 9.09. The molecular weight excluding hydrogens is 735 g/mol. The zero-order chi connectivity index (χ0) is 38.9. The van der Waals surface area contributed by atoms with Crippen LogP contribution in [-0.4, -0.2) is 0 Å². The standard InChI is InChI=1S/C56H35NOS/c1-2-12-37(13-3-1)44-20-10-15-39-16-11-21-45(54(39)44)38-26-31-43(32-27-38)57(50-34-41-14-4-5-17-46(41)55-49-19-6-8-22-51(49)58-56(50)55)42-29-24-36(25-30-42)40-28-33-48-47-18-7-9-23-52(47)59-53(48)35-40/h1-35H. The van der Waals surface area contributed by atoms with Crippen molar-refractivity contribution in [3.63, 3.8) is 0 Å². The van der Waals surface area contributed by atoms with E-state index in [1.807, 2.05) is 11.3 Å². The van der Waals surface area contributed by atoms with Crippen LogP contribution in [-0.2, 0) is 0 Å². The normalized spacial score (nSPS) is 11.7. The number of benzene rings is 10. The fourth-order valence-corrected chi connectivity index (χ4v) is 10.2. The Labute approximate surface area is 345 Å². The molecular formula is C56H35NOS. The average molecular weight is 770 g/mol. The Balaban J connectivity index is 1.03. The molecule has 0 fully saturated rings. The van der Waals surface area contributed by atoms with E-state index in [0.717, 1.165) is 39.0 Å². The molecule has 0 saturated heterocycles. The molecule has 0 saturated carbocycles. The average Bonchev–Trinajstić information content (AvgIpc) is 3.89. The third kappa shape index (κ3) is 5.55.